The van der Waals surface area contributed by atoms with Crippen LogP contribution in [0.3, 0.4) is 0 Å². The van der Waals surface area contributed by atoms with Crippen LogP contribution in [0.5, 0.6) is 0 Å². The number of aliphatic imine (C=N–C) groups is 1. The minimum Gasteiger partial charge on any atom is -0.469 e. The molecule has 1 aromatic carbocycles. The second kappa shape index (κ2) is 11.7. The van der Waals surface area contributed by atoms with Gasteiger partial charge < -0.3 is 25.1 Å². The van der Waals surface area contributed by atoms with Gasteiger partial charge in [-0.1, -0.05) is 12.1 Å². The molecular formula is C20H28N4O3. The Kier molecular flexibility index (Phi) is 8.92. The smallest absolute Gasteiger partial charge is 0.251 e. The van der Waals surface area contributed by atoms with Crippen LogP contribution in [0.15, 0.2) is 52.1 Å². The molecule has 0 aliphatic carbocycles. The lowest BCUT2D eigenvalue weighted by Gasteiger charge is -2.12. The quantitative estimate of drug-likeness (QED) is 0.335. The van der Waals surface area contributed by atoms with Gasteiger partial charge in [0.1, 0.15) is 5.76 Å². The zero-order valence-corrected chi connectivity index (χ0v) is 16.0. The minimum atomic E-state index is -0.0776. The molecule has 0 unspecified atom stereocenters. The van der Waals surface area contributed by atoms with Crippen molar-refractivity contribution in [3.8, 4) is 0 Å². The monoisotopic (exact) mass is 372 g/mol. The van der Waals surface area contributed by atoms with E-state index in [4.69, 9.17) is 9.15 Å². The number of rotatable bonds is 10. The Hall–Kier alpha value is -2.80. The van der Waals surface area contributed by atoms with Crippen molar-refractivity contribution >= 4 is 11.9 Å². The number of hydrogen-bond donors (Lipinski definition) is 3. The number of carbonyl (C=O) groups excluding carboxylic acids is 1. The number of carbonyl (C=O) groups is 1. The van der Waals surface area contributed by atoms with Gasteiger partial charge in [-0.05, 0) is 36.2 Å². The molecule has 0 atom stereocenters. The number of furan rings is 1. The van der Waals surface area contributed by atoms with Crippen LogP contribution < -0.4 is 16.0 Å². The maximum absolute atomic E-state index is 11.7. The van der Waals surface area contributed by atoms with Crippen LogP contribution in [0.25, 0.3) is 0 Å². The van der Waals surface area contributed by atoms with Crippen molar-refractivity contribution in [2.24, 2.45) is 4.99 Å². The molecule has 2 aromatic rings. The molecule has 27 heavy (non-hydrogen) atoms. The summed E-state index contributed by atoms with van der Waals surface area (Å²) < 4.78 is 10.4. The average molecular weight is 372 g/mol. The molecule has 0 aliphatic heterocycles. The normalized spacial score (nSPS) is 11.3. The molecule has 0 saturated carbocycles. The third-order valence-corrected chi connectivity index (χ3v) is 3.93. The summed E-state index contributed by atoms with van der Waals surface area (Å²) in [6.07, 6.45) is 3.24. The SMILES string of the molecule is CNC(=O)c1cccc(CCNC(=NCCOC)NCCc2ccco2)c1. The second-order valence-corrected chi connectivity index (χ2v) is 5.94. The molecule has 2 rings (SSSR count). The summed E-state index contributed by atoms with van der Waals surface area (Å²) in [5, 5.41) is 9.27. The van der Waals surface area contributed by atoms with Crippen molar-refractivity contribution in [1.82, 2.24) is 16.0 Å². The van der Waals surface area contributed by atoms with E-state index in [0.717, 1.165) is 36.7 Å². The first-order valence-corrected chi connectivity index (χ1v) is 9.07. The summed E-state index contributed by atoms with van der Waals surface area (Å²) in [6, 6.07) is 11.5. The highest BCUT2D eigenvalue weighted by Crippen LogP contribution is 2.05. The largest absolute Gasteiger partial charge is 0.469 e. The highest BCUT2D eigenvalue weighted by Gasteiger charge is 2.04. The summed E-state index contributed by atoms with van der Waals surface area (Å²) in [4.78, 5) is 16.2. The van der Waals surface area contributed by atoms with E-state index in [1.807, 2.05) is 36.4 Å². The fraction of sp³-hybridized carbons (Fsp3) is 0.400. The van der Waals surface area contributed by atoms with Crippen LogP contribution in [-0.2, 0) is 17.6 Å². The van der Waals surface area contributed by atoms with Crippen LogP contribution in [0, 0.1) is 0 Å². The van der Waals surface area contributed by atoms with Gasteiger partial charge in [0.25, 0.3) is 5.91 Å². The maximum atomic E-state index is 11.7. The number of ether oxygens (including phenoxy) is 1. The van der Waals surface area contributed by atoms with Gasteiger partial charge in [-0.25, -0.2) is 0 Å². The maximum Gasteiger partial charge on any atom is 0.251 e. The molecule has 0 fully saturated rings. The number of nitrogens with zero attached hydrogens (tertiary/aromatic N) is 1. The lowest BCUT2D eigenvalue weighted by molar-refractivity contribution is 0.0963. The van der Waals surface area contributed by atoms with Crippen LogP contribution in [0.2, 0.25) is 0 Å². The third-order valence-electron chi connectivity index (χ3n) is 3.93. The van der Waals surface area contributed by atoms with Crippen molar-refractivity contribution in [2.45, 2.75) is 12.8 Å². The Morgan fingerprint density at radius 2 is 1.96 bits per heavy atom. The molecule has 0 saturated heterocycles. The molecule has 1 amide bonds. The van der Waals surface area contributed by atoms with Gasteiger partial charge in [-0.15, -0.1) is 0 Å². The summed E-state index contributed by atoms with van der Waals surface area (Å²) in [5.74, 6) is 1.59. The predicted molar refractivity (Wildman–Crippen MR) is 106 cm³/mol. The van der Waals surface area contributed by atoms with Crippen molar-refractivity contribution in [3.05, 3.63) is 59.5 Å². The fourth-order valence-electron chi connectivity index (χ4n) is 2.52. The molecule has 0 radical (unpaired) electrons. The molecule has 0 aliphatic rings. The highest BCUT2D eigenvalue weighted by atomic mass is 16.5. The number of hydrogen-bond acceptors (Lipinski definition) is 4. The van der Waals surface area contributed by atoms with Gasteiger partial charge >= 0.3 is 0 Å². The summed E-state index contributed by atoms with van der Waals surface area (Å²) in [7, 11) is 3.29. The van der Waals surface area contributed by atoms with Crippen LogP contribution >= 0.6 is 0 Å². The molecule has 7 heteroatoms. The van der Waals surface area contributed by atoms with Gasteiger partial charge in [0.2, 0.25) is 0 Å². The fourth-order valence-corrected chi connectivity index (χ4v) is 2.52. The van der Waals surface area contributed by atoms with Gasteiger partial charge in [0.05, 0.1) is 19.4 Å². The van der Waals surface area contributed by atoms with Crippen LogP contribution in [0.4, 0.5) is 0 Å². The molecule has 0 spiro atoms. The van der Waals surface area contributed by atoms with Crippen molar-refractivity contribution in [2.75, 3.05) is 40.4 Å². The van der Waals surface area contributed by atoms with E-state index in [2.05, 4.69) is 20.9 Å². The van der Waals surface area contributed by atoms with Gasteiger partial charge in [0.15, 0.2) is 5.96 Å². The zero-order valence-electron chi connectivity index (χ0n) is 16.0. The first-order valence-electron chi connectivity index (χ1n) is 9.07. The van der Waals surface area contributed by atoms with Gasteiger partial charge in [0, 0.05) is 39.2 Å². The molecule has 146 valence electrons. The lowest BCUT2D eigenvalue weighted by Crippen LogP contribution is -2.39. The highest BCUT2D eigenvalue weighted by molar-refractivity contribution is 5.94. The van der Waals surface area contributed by atoms with E-state index in [1.54, 1.807) is 20.4 Å². The first-order chi connectivity index (χ1) is 13.2. The van der Waals surface area contributed by atoms with Crippen LogP contribution in [0.1, 0.15) is 21.7 Å². The lowest BCUT2D eigenvalue weighted by atomic mass is 10.1. The Balaban J connectivity index is 1.83. The first kappa shape index (κ1) is 20.5. The molecular weight excluding hydrogens is 344 g/mol. The number of guanidine groups is 1. The number of nitrogens with one attached hydrogen (secondary N) is 3. The number of benzene rings is 1. The summed E-state index contributed by atoms with van der Waals surface area (Å²) >= 11 is 0. The van der Waals surface area contributed by atoms with Gasteiger partial charge in [-0.2, -0.15) is 0 Å². The van der Waals surface area contributed by atoms with E-state index >= 15 is 0 Å². The molecule has 0 bridgehead atoms. The number of amides is 1. The Bertz CT molecular complexity index is 714. The van der Waals surface area contributed by atoms with Crippen molar-refractivity contribution in [3.63, 3.8) is 0 Å². The standard InChI is InChI=1S/C20H28N4O3/c1-21-19(25)17-6-3-5-16(15-17)8-10-22-20(24-12-14-26-2)23-11-9-18-7-4-13-27-18/h3-7,13,15H,8-12,14H2,1-2H3,(H,21,25)(H2,22,23,24). The van der Waals surface area contributed by atoms with E-state index in [9.17, 15) is 4.79 Å². The molecule has 3 N–H and O–H groups in total. The zero-order chi connectivity index (χ0) is 19.3. The van der Waals surface area contributed by atoms with E-state index < -0.39 is 0 Å². The molecule has 1 aromatic heterocycles. The van der Waals surface area contributed by atoms with E-state index in [-0.39, 0.29) is 5.91 Å². The Labute approximate surface area is 160 Å². The Morgan fingerprint density at radius 1 is 1.15 bits per heavy atom. The van der Waals surface area contributed by atoms with Crippen molar-refractivity contribution in [1.29, 1.82) is 0 Å². The van der Waals surface area contributed by atoms with Gasteiger partial charge in [-0.3, -0.25) is 9.79 Å². The molecule has 7 nitrogen and oxygen atoms in total. The third kappa shape index (κ3) is 7.53. The summed E-state index contributed by atoms with van der Waals surface area (Å²) in [6.45, 7) is 2.58. The predicted octanol–water partition coefficient (Wildman–Crippen LogP) is 1.61. The average Bonchev–Trinajstić information content (AvgIpc) is 3.21. The topological polar surface area (TPSA) is 87.9 Å². The second-order valence-electron chi connectivity index (χ2n) is 5.94. The van der Waals surface area contributed by atoms with Crippen LogP contribution in [-0.4, -0.2) is 52.3 Å². The molecule has 1 heterocycles. The number of methoxy groups -OCH3 is 1. The minimum absolute atomic E-state index is 0.0776. The van der Waals surface area contributed by atoms with E-state index in [0.29, 0.717) is 25.3 Å². The summed E-state index contributed by atoms with van der Waals surface area (Å²) in [5.41, 5.74) is 1.76. The van der Waals surface area contributed by atoms with E-state index in [1.165, 1.54) is 0 Å². The van der Waals surface area contributed by atoms with Crippen molar-refractivity contribution < 1.29 is 13.9 Å². The Morgan fingerprint density at radius 3 is 2.67 bits per heavy atom.